The predicted octanol–water partition coefficient (Wildman–Crippen LogP) is 3.52. The van der Waals surface area contributed by atoms with E-state index in [4.69, 9.17) is 0 Å². The van der Waals surface area contributed by atoms with Crippen LogP contribution in [-0.4, -0.2) is 46.8 Å². The quantitative estimate of drug-likeness (QED) is 0.794. The molecule has 0 atom stereocenters. The van der Waals surface area contributed by atoms with Gasteiger partial charge in [0, 0.05) is 23.8 Å². The number of carbonyl (C=O) groups is 1. The summed E-state index contributed by atoms with van der Waals surface area (Å²) in [6.45, 7) is 5.85. The molecule has 1 aliphatic heterocycles. The zero-order chi connectivity index (χ0) is 16.9. The molecule has 2 aromatic rings. The summed E-state index contributed by atoms with van der Waals surface area (Å²) >= 11 is 3.42. The van der Waals surface area contributed by atoms with E-state index in [1.165, 1.54) is 0 Å². The highest BCUT2D eigenvalue weighted by Crippen LogP contribution is 2.19. The van der Waals surface area contributed by atoms with Gasteiger partial charge in [-0.15, -0.1) is 12.4 Å². The lowest BCUT2D eigenvalue weighted by molar-refractivity contribution is 0.0690. The maximum atomic E-state index is 12.7. The van der Waals surface area contributed by atoms with Gasteiger partial charge in [0.15, 0.2) is 0 Å². The molecule has 3 rings (SSSR count). The van der Waals surface area contributed by atoms with E-state index < -0.39 is 0 Å². The van der Waals surface area contributed by atoms with Crippen LogP contribution in [0.4, 0.5) is 0 Å². The third-order valence-corrected chi connectivity index (χ3v) is 5.03. The number of hydrogen-bond acceptors (Lipinski definition) is 3. The average molecular weight is 428 g/mol. The van der Waals surface area contributed by atoms with Crippen molar-refractivity contribution in [1.29, 1.82) is 0 Å². The minimum atomic E-state index is 0. The number of nitrogens with one attached hydrogen (secondary N) is 1. The molecule has 0 spiro atoms. The molecule has 1 aromatic heterocycles. The highest BCUT2D eigenvalue weighted by molar-refractivity contribution is 9.10. The number of halogens is 2. The maximum absolute atomic E-state index is 12.7. The van der Waals surface area contributed by atoms with Crippen LogP contribution in [0.3, 0.4) is 0 Å². The standard InChI is InChI=1S/C18H23BrN4O.ClH/c1-2-20-11-14-7-9-22(10-8-14)18(24)15-12-21-23(13-15)17-5-3-16(19)4-6-17;/h3-6,12-14,20H,2,7-11H2,1H3;1H. The molecule has 0 bridgehead atoms. The zero-order valence-electron chi connectivity index (χ0n) is 14.3. The van der Waals surface area contributed by atoms with Crippen molar-refractivity contribution in [3.8, 4) is 5.69 Å². The number of amides is 1. The molecule has 0 unspecified atom stereocenters. The molecule has 1 amide bonds. The summed E-state index contributed by atoms with van der Waals surface area (Å²) in [7, 11) is 0. The molecule has 7 heteroatoms. The monoisotopic (exact) mass is 426 g/mol. The van der Waals surface area contributed by atoms with Gasteiger partial charge >= 0.3 is 0 Å². The second-order valence-electron chi connectivity index (χ2n) is 6.19. The Hall–Kier alpha value is -1.37. The molecule has 0 aliphatic carbocycles. The van der Waals surface area contributed by atoms with Gasteiger partial charge in [-0.3, -0.25) is 4.79 Å². The predicted molar refractivity (Wildman–Crippen MR) is 106 cm³/mol. The molecule has 136 valence electrons. The van der Waals surface area contributed by atoms with Crippen LogP contribution in [0.1, 0.15) is 30.1 Å². The summed E-state index contributed by atoms with van der Waals surface area (Å²) in [5.74, 6) is 0.764. The summed E-state index contributed by atoms with van der Waals surface area (Å²) < 4.78 is 2.77. The van der Waals surface area contributed by atoms with Crippen LogP contribution in [0.15, 0.2) is 41.1 Å². The fraction of sp³-hybridized carbons (Fsp3) is 0.444. The fourth-order valence-electron chi connectivity index (χ4n) is 3.04. The van der Waals surface area contributed by atoms with Gasteiger partial charge in [0.05, 0.1) is 17.4 Å². The van der Waals surface area contributed by atoms with Crippen molar-refractivity contribution < 1.29 is 4.79 Å². The van der Waals surface area contributed by atoms with E-state index in [0.717, 1.165) is 49.2 Å². The van der Waals surface area contributed by atoms with E-state index in [1.807, 2.05) is 35.4 Å². The Morgan fingerprint density at radius 1 is 1.28 bits per heavy atom. The van der Waals surface area contributed by atoms with Gasteiger partial charge in [0.2, 0.25) is 0 Å². The highest BCUT2D eigenvalue weighted by atomic mass is 79.9. The summed E-state index contributed by atoms with van der Waals surface area (Å²) in [5.41, 5.74) is 1.60. The van der Waals surface area contributed by atoms with Crippen LogP contribution in [0.5, 0.6) is 0 Å². The van der Waals surface area contributed by atoms with Crippen molar-refractivity contribution >= 4 is 34.2 Å². The van der Waals surface area contributed by atoms with Crippen molar-refractivity contribution in [2.24, 2.45) is 5.92 Å². The Balaban J connectivity index is 0.00000225. The lowest BCUT2D eigenvalue weighted by Gasteiger charge is -2.31. The Morgan fingerprint density at radius 3 is 2.60 bits per heavy atom. The SMILES string of the molecule is CCNCC1CCN(C(=O)c2cnn(-c3ccc(Br)cc3)c2)CC1.Cl. The van der Waals surface area contributed by atoms with Crippen molar-refractivity contribution in [1.82, 2.24) is 20.0 Å². The number of rotatable bonds is 5. The van der Waals surface area contributed by atoms with E-state index in [1.54, 1.807) is 10.9 Å². The van der Waals surface area contributed by atoms with Crippen LogP contribution in [0.25, 0.3) is 5.69 Å². The number of likely N-dealkylation sites (tertiary alicyclic amines) is 1. The second-order valence-corrected chi connectivity index (χ2v) is 7.11. The lowest BCUT2D eigenvalue weighted by Crippen LogP contribution is -2.40. The topological polar surface area (TPSA) is 50.2 Å². The van der Waals surface area contributed by atoms with Gasteiger partial charge in [-0.25, -0.2) is 4.68 Å². The van der Waals surface area contributed by atoms with Gasteiger partial charge in [-0.1, -0.05) is 22.9 Å². The first-order valence-corrected chi connectivity index (χ1v) is 9.27. The molecule has 1 fully saturated rings. The molecular weight excluding hydrogens is 404 g/mol. The van der Waals surface area contributed by atoms with E-state index in [-0.39, 0.29) is 18.3 Å². The fourth-order valence-corrected chi connectivity index (χ4v) is 3.30. The van der Waals surface area contributed by atoms with Crippen molar-refractivity contribution in [2.45, 2.75) is 19.8 Å². The number of piperidine rings is 1. The van der Waals surface area contributed by atoms with Crippen LogP contribution in [0.2, 0.25) is 0 Å². The number of hydrogen-bond donors (Lipinski definition) is 1. The number of carbonyl (C=O) groups excluding carboxylic acids is 1. The summed E-state index contributed by atoms with van der Waals surface area (Å²) in [6, 6.07) is 7.87. The smallest absolute Gasteiger partial charge is 0.257 e. The lowest BCUT2D eigenvalue weighted by atomic mass is 9.96. The van der Waals surface area contributed by atoms with Crippen molar-refractivity contribution in [3.05, 3.63) is 46.7 Å². The van der Waals surface area contributed by atoms with Gasteiger partial charge in [-0.2, -0.15) is 5.10 Å². The van der Waals surface area contributed by atoms with Crippen LogP contribution in [0, 0.1) is 5.92 Å². The Kier molecular flexibility index (Phi) is 7.47. The van der Waals surface area contributed by atoms with E-state index in [0.29, 0.717) is 11.5 Å². The van der Waals surface area contributed by atoms with E-state index in [9.17, 15) is 4.79 Å². The van der Waals surface area contributed by atoms with Crippen LogP contribution >= 0.6 is 28.3 Å². The van der Waals surface area contributed by atoms with Crippen LogP contribution in [-0.2, 0) is 0 Å². The molecule has 2 heterocycles. The maximum Gasteiger partial charge on any atom is 0.257 e. The molecule has 1 aliphatic rings. The minimum Gasteiger partial charge on any atom is -0.339 e. The summed E-state index contributed by atoms with van der Waals surface area (Å²) in [5, 5.41) is 7.73. The molecular formula is C18H24BrClN4O. The first kappa shape index (κ1) is 19.9. The largest absolute Gasteiger partial charge is 0.339 e. The van der Waals surface area contributed by atoms with Crippen molar-refractivity contribution in [2.75, 3.05) is 26.2 Å². The summed E-state index contributed by atoms with van der Waals surface area (Å²) in [4.78, 5) is 14.6. The van der Waals surface area contributed by atoms with Gasteiger partial charge in [0.25, 0.3) is 5.91 Å². The number of benzene rings is 1. The molecule has 1 saturated heterocycles. The Labute approximate surface area is 163 Å². The third-order valence-electron chi connectivity index (χ3n) is 4.51. The number of aromatic nitrogens is 2. The third kappa shape index (κ3) is 5.06. The average Bonchev–Trinajstić information content (AvgIpc) is 3.10. The first-order valence-electron chi connectivity index (χ1n) is 8.48. The zero-order valence-corrected chi connectivity index (χ0v) is 16.7. The molecule has 1 aromatic carbocycles. The van der Waals surface area contributed by atoms with Crippen LogP contribution < -0.4 is 5.32 Å². The normalized spacial score (nSPS) is 15.0. The van der Waals surface area contributed by atoms with E-state index in [2.05, 4.69) is 33.3 Å². The minimum absolute atomic E-state index is 0. The van der Waals surface area contributed by atoms with Gasteiger partial charge < -0.3 is 10.2 Å². The highest BCUT2D eigenvalue weighted by Gasteiger charge is 2.24. The summed E-state index contributed by atoms with van der Waals surface area (Å²) in [6.07, 6.45) is 5.62. The van der Waals surface area contributed by atoms with Gasteiger partial charge in [-0.05, 0) is 56.1 Å². The Morgan fingerprint density at radius 2 is 1.96 bits per heavy atom. The molecule has 5 nitrogen and oxygen atoms in total. The number of nitrogens with zero attached hydrogens (tertiary/aromatic N) is 3. The second kappa shape index (κ2) is 9.36. The Bertz CT molecular complexity index is 681. The van der Waals surface area contributed by atoms with E-state index >= 15 is 0 Å². The molecule has 0 saturated carbocycles. The molecule has 1 N–H and O–H groups in total. The van der Waals surface area contributed by atoms with Gasteiger partial charge in [0.1, 0.15) is 0 Å². The molecule has 0 radical (unpaired) electrons. The molecule has 25 heavy (non-hydrogen) atoms. The van der Waals surface area contributed by atoms with Crippen molar-refractivity contribution in [3.63, 3.8) is 0 Å². The first-order chi connectivity index (χ1) is 11.7.